The lowest BCUT2D eigenvalue weighted by atomic mass is 10.2. The minimum absolute atomic E-state index is 0.288. The van der Waals surface area contributed by atoms with Gasteiger partial charge >= 0.3 is 0 Å². The molecule has 17 heavy (non-hydrogen) atoms. The third-order valence-corrected chi connectivity index (χ3v) is 3.77. The highest BCUT2D eigenvalue weighted by atomic mass is 32.2. The Labute approximate surface area is 101 Å². The normalized spacial score (nSPS) is 11.7. The lowest BCUT2D eigenvalue weighted by molar-refractivity contribution is 0.554. The van der Waals surface area contributed by atoms with Gasteiger partial charge in [-0.3, -0.25) is 0 Å². The molecule has 0 aliphatic heterocycles. The number of benzene rings is 1. The Bertz CT molecular complexity index is 474. The van der Waals surface area contributed by atoms with Crippen LogP contribution >= 0.6 is 0 Å². The molecule has 0 heterocycles. The van der Waals surface area contributed by atoms with Crippen LogP contribution in [-0.2, 0) is 10.0 Å². The second-order valence-electron chi connectivity index (χ2n) is 3.79. The third-order valence-electron chi connectivity index (χ3n) is 2.27. The average molecular weight is 260 g/mol. The summed E-state index contributed by atoms with van der Waals surface area (Å²) >= 11 is 0. The van der Waals surface area contributed by atoms with E-state index in [9.17, 15) is 12.8 Å². The lowest BCUT2D eigenvalue weighted by Crippen LogP contribution is -2.27. The summed E-state index contributed by atoms with van der Waals surface area (Å²) in [6.45, 7) is 2.70. The first-order valence-electron chi connectivity index (χ1n) is 5.38. The predicted octanol–water partition coefficient (Wildman–Crippen LogP) is 1.02. The van der Waals surface area contributed by atoms with Crippen LogP contribution < -0.4 is 10.0 Å². The lowest BCUT2D eigenvalue weighted by Gasteiger charge is -2.07. The number of rotatable bonds is 6. The third kappa shape index (κ3) is 4.07. The Morgan fingerprint density at radius 2 is 2.00 bits per heavy atom. The van der Waals surface area contributed by atoms with Crippen molar-refractivity contribution in [3.63, 3.8) is 0 Å². The largest absolute Gasteiger partial charge is 0.320 e. The maximum atomic E-state index is 13.5. The van der Waals surface area contributed by atoms with Gasteiger partial charge in [0, 0.05) is 6.54 Å². The van der Waals surface area contributed by atoms with E-state index in [0.29, 0.717) is 18.5 Å². The van der Waals surface area contributed by atoms with E-state index < -0.39 is 15.8 Å². The zero-order chi connectivity index (χ0) is 12.9. The molecule has 1 rings (SSSR count). The predicted molar refractivity (Wildman–Crippen MR) is 64.9 cm³/mol. The Hall–Kier alpha value is -0.980. The smallest absolute Gasteiger partial charge is 0.243 e. The maximum absolute atomic E-state index is 13.5. The number of aryl methyl sites for hydroxylation is 1. The molecule has 0 aliphatic carbocycles. The molecule has 96 valence electrons. The second-order valence-corrected chi connectivity index (χ2v) is 5.52. The maximum Gasteiger partial charge on any atom is 0.243 e. The van der Waals surface area contributed by atoms with E-state index in [1.807, 2.05) is 0 Å². The summed E-state index contributed by atoms with van der Waals surface area (Å²) in [5.74, 6) is -0.717. The van der Waals surface area contributed by atoms with Crippen LogP contribution in [0.15, 0.2) is 23.1 Å². The van der Waals surface area contributed by atoms with E-state index in [2.05, 4.69) is 10.0 Å². The van der Waals surface area contributed by atoms with Gasteiger partial charge in [-0.05, 0) is 44.6 Å². The first kappa shape index (κ1) is 14.1. The highest BCUT2D eigenvalue weighted by Crippen LogP contribution is 2.15. The van der Waals surface area contributed by atoms with Crippen LogP contribution in [0.25, 0.3) is 0 Å². The first-order valence-corrected chi connectivity index (χ1v) is 6.86. The van der Waals surface area contributed by atoms with Crippen molar-refractivity contribution < 1.29 is 12.8 Å². The molecule has 0 radical (unpaired) electrons. The second kappa shape index (κ2) is 6.09. The molecule has 2 N–H and O–H groups in total. The number of hydrogen-bond donors (Lipinski definition) is 2. The van der Waals surface area contributed by atoms with Crippen molar-refractivity contribution in [2.45, 2.75) is 18.2 Å². The molecule has 6 heteroatoms. The molecule has 0 fully saturated rings. The highest BCUT2D eigenvalue weighted by molar-refractivity contribution is 7.89. The summed E-state index contributed by atoms with van der Waals surface area (Å²) < 4.78 is 39.4. The van der Waals surface area contributed by atoms with Gasteiger partial charge < -0.3 is 5.32 Å². The number of nitrogens with one attached hydrogen (secondary N) is 2. The van der Waals surface area contributed by atoms with E-state index in [1.165, 1.54) is 12.1 Å². The molecule has 0 unspecified atom stereocenters. The van der Waals surface area contributed by atoms with Gasteiger partial charge in [-0.15, -0.1) is 0 Å². The fourth-order valence-electron chi connectivity index (χ4n) is 1.37. The molecule has 0 saturated heterocycles. The molecule has 0 atom stereocenters. The molecule has 0 bridgehead atoms. The fourth-order valence-corrected chi connectivity index (χ4v) is 2.50. The van der Waals surface area contributed by atoms with E-state index in [0.717, 1.165) is 0 Å². The SMILES string of the molecule is CNCCCNS(=O)(=O)c1ccc(C)cc1F. The van der Waals surface area contributed by atoms with Gasteiger partial charge in [0.15, 0.2) is 0 Å². The number of halogens is 1. The summed E-state index contributed by atoms with van der Waals surface area (Å²) in [7, 11) is -1.96. The molecule has 0 saturated carbocycles. The fraction of sp³-hybridized carbons (Fsp3) is 0.455. The Morgan fingerprint density at radius 3 is 2.59 bits per heavy atom. The molecule has 0 spiro atoms. The van der Waals surface area contributed by atoms with Crippen molar-refractivity contribution in [1.82, 2.24) is 10.0 Å². The molecule has 0 aliphatic rings. The summed E-state index contributed by atoms with van der Waals surface area (Å²) in [5.41, 5.74) is 0.691. The molecular weight excluding hydrogens is 243 g/mol. The van der Waals surface area contributed by atoms with Crippen LogP contribution in [0.5, 0.6) is 0 Å². The van der Waals surface area contributed by atoms with Gasteiger partial charge in [0.05, 0.1) is 0 Å². The summed E-state index contributed by atoms with van der Waals surface area (Å²) in [4.78, 5) is -0.299. The number of sulfonamides is 1. The Balaban J connectivity index is 2.76. The van der Waals surface area contributed by atoms with Crippen LogP contribution in [-0.4, -0.2) is 28.6 Å². The van der Waals surface area contributed by atoms with Crippen molar-refractivity contribution in [2.24, 2.45) is 0 Å². The molecule has 0 amide bonds. The first-order chi connectivity index (χ1) is 7.97. The van der Waals surface area contributed by atoms with Gasteiger partial charge in [0.25, 0.3) is 0 Å². The quantitative estimate of drug-likeness (QED) is 0.751. The van der Waals surface area contributed by atoms with Crippen molar-refractivity contribution >= 4 is 10.0 Å². The van der Waals surface area contributed by atoms with Crippen LogP contribution in [0.3, 0.4) is 0 Å². The zero-order valence-electron chi connectivity index (χ0n) is 9.96. The Kier molecular flexibility index (Phi) is 5.04. The van der Waals surface area contributed by atoms with Crippen molar-refractivity contribution in [3.8, 4) is 0 Å². The van der Waals surface area contributed by atoms with Crippen molar-refractivity contribution in [1.29, 1.82) is 0 Å². The van der Waals surface area contributed by atoms with Gasteiger partial charge in [-0.2, -0.15) is 0 Å². The van der Waals surface area contributed by atoms with Crippen LogP contribution in [0.1, 0.15) is 12.0 Å². The van der Waals surface area contributed by atoms with Crippen molar-refractivity contribution in [3.05, 3.63) is 29.6 Å². The van der Waals surface area contributed by atoms with E-state index >= 15 is 0 Å². The van der Waals surface area contributed by atoms with Gasteiger partial charge in [-0.25, -0.2) is 17.5 Å². The van der Waals surface area contributed by atoms with E-state index in [4.69, 9.17) is 0 Å². The van der Waals surface area contributed by atoms with Gasteiger partial charge in [0.2, 0.25) is 10.0 Å². The topological polar surface area (TPSA) is 58.2 Å². The minimum atomic E-state index is -3.74. The standard InChI is InChI=1S/C11H17FN2O2S/c1-9-4-5-11(10(12)8-9)17(15,16)14-7-3-6-13-2/h4-5,8,13-14H,3,6-7H2,1-2H3. The van der Waals surface area contributed by atoms with Crippen LogP contribution in [0.4, 0.5) is 4.39 Å². The minimum Gasteiger partial charge on any atom is -0.320 e. The van der Waals surface area contributed by atoms with Gasteiger partial charge in [0.1, 0.15) is 10.7 Å². The molecule has 1 aromatic rings. The van der Waals surface area contributed by atoms with Crippen molar-refractivity contribution in [2.75, 3.05) is 20.1 Å². The highest BCUT2D eigenvalue weighted by Gasteiger charge is 2.17. The van der Waals surface area contributed by atoms with Crippen LogP contribution in [0.2, 0.25) is 0 Å². The molecule has 4 nitrogen and oxygen atoms in total. The number of hydrogen-bond acceptors (Lipinski definition) is 3. The molecule has 1 aromatic carbocycles. The van der Waals surface area contributed by atoms with Gasteiger partial charge in [-0.1, -0.05) is 6.07 Å². The molecular formula is C11H17FN2O2S. The Morgan fingerprint density at radius 1 is 1.29 bits per heavy atom. The van der Waals surface area contributed by atoms with E-state index in [-0.39, 0.29) is 11.4 Å². The van der Waals surface area contributed by atoms with Crippen LogP contribution in [0, 0.1) is 12.7 Å². The summed E-state index contributed by atoms with van der Waals surface area (Å²) in [6, 6.07) is 4.07. The molecule has 0 aromatic heterocycles. The monoisotopic (exact) mass is 260 g/mol. The summed E-state index contributed by atoms with van der Waals surface area (Å²) in [6.07, 6.45) is 0.656. The average Bonchev–Trinajstić information content (AvgIpc) is 2.24. The zero-order valence-corrected chi connectivity index (χ0v) is 10.8. The summed E-state index contributed by atoms with van der Waals surface area (Å²) in [5, 5.41) is 2.90. The van der Waals surface area contributed by atoms with E-state index in [1.54, 1.807) is 20.0 Å².